The number of carbonyl (C=O) groups excluding carboxylic acids is 2. The van der Waals surface area contributed by atoms with Gasteiger partial charge in [-0.2, -0.15) is 0 Å². The highest BCUT2D eigenvalue weighted by molar-refractivity contribution is 5.96. The van der Waals surface area contributed by atoms with Gasteiger partial charge in [0.2, 0.25) is 0 Å². The van der Waals surface area contributed by atoms with Crippen LogP contribution in [-0.2, 0) is 11.2 Å². The summed E-state index contributed by atoms with van der Waals surface area (Å²) in [6, 6.07) is 22.8. The Hall–Kier alpha value is -3.27. The maximum Gasteiger partial charge on any atom is 0.339 e. The maximum atomic E-state index is 12.7. The summed E-state index contributed by atoms with van der Waals surface area (Å²) in [5.41, 5.74) is 3.06. The van der Waals surface area contributed by atoms with Crippen LogP contribution in [0.5, 0.6) is 0 Å². The van der Waals surface area contributed by atoms with Gasteiger partial charge in [-0.05, 0) is 30.0 Å². The Morgan fingerprint density at radius 3 is 2.15 bits per heavy atom. The van der Waals surface area contributed by atoms with Crippen LogP contribution in [0.3, 0.4) is 0 Å². The van der Waals surface area contributed by atoms with E-state index in [-0.39, 0.29) is 11.7 Å². The molecule has 0 radical (unpaired) electrons. The van der Waals surface area contributed by atoms with E-state index in [0.29, 0.717) is 24.0 Å². The van der Waals surface area contributed by atoms with E-state index in [1.165, 1.54) is 13.3 Å². The quantitative estimate of drug-likeness (QED) is 0.461. The van der Waals surface area contributed by atoms with Crippen molar-refractivity contribution in [1.82, 2.24) is 4.98 Å². The third-order valence-electron chi connectivity index (χ3n) is 4.50. The predicted molar refractivity (Wildman–Crippen MR) is 104 cm³/mol. The lowest BCUT2D eigenvalue weighted by atomic mass is 9.88. The lowest BCUT2D eigenvalue weighted by Gasteiger charge is -2.17. The van der Waals surface area contributed by atoms with Crippen LogP contribution in [0.15, 0.2) is 79.0 Å². The minimum absolute atomic E-state index is 0.00961. The number of benzene rings is 2. The molecule has 4 heteroatoms. The van der Waals surface area contributed by atoms with Crippen LogP contribution < -0.4 is 0 Å². The highest BCUT2D eigenvalue weighted by Crippen LogP contribution is 2.25. The molecule has 4 nitrogen and oxygen atoms in total. The van der Waals surface area contributed by atoms with Gasteiger partial charge in [0.05, 0.1) is 12.7 Å². The van der Waals surface area contributed by atoms with E-state index in [0.717, 1.165) is 11.3 Å². The van der Waals surface area contributed by atoms with Crippen molar-refractivity contribution in [2.45, 2.75) is 18.8 Å². The molecule has 0 N–H and O–H groups in total. The zero-order chi connectivity index (χ0) is 19.1. The smallest absolute Gasteiger partial charge is 0.339 e. The molecule has 1 aromatic heterocycles. The lowest BCUT2D eigenvalue weighted by Crippen LogP contribution is -2.11. The summed E-state index contributed by atoms with van der Waals surface area (Å²) in [6.45, 7) is 0. The lowest BCUT2D eigenvalue weighted by molar-refractivity contribution is 0.0600. The zero-order valence-electron chi connectivity index (χ0n) is 15.2. The van der Waals surface area contributed by atoms with Crippen molar-refractivity contribution in [1.29, 1.82) is 0 Å². The Morgan fingerprint density at radius 2 is 1.56 bits per heavy atom. The van der Waals surface area contributed by atoms with Gasteiger partial charge in [-0.25, -0.2) is 4.79 Å². The molecule has 0 saturated heterocycles. The number of Topliss-reactive ketones (excluding diaryl/α,β-unsaturated/α-hetero) is 1. The SMILES string of the molecule is COC(=O)c1ccc(C[C@H](CC(=O)c2ccccc2)c2ccccc2)nc1. The minimum atomic E-state index is -0.409. The molecule has 3 aromatic rings. The summed E-state index contributed by atoms with van der Waals surface area (Å²) in [4.78, 5) is 28.7. The summed E-state index contributed by atoms with van der Waals surface area (Å²) in [5, 5.41) is 0. The zero-order valence-corrected chi connectivity index (χ0v) is 15.2. The first-order valence-corrected chi connectivity index (χ1v) is 8.84. The third kappa shape index (κ3) is 4.88. The molecule has 0 aliphatic heterocycles. The third-order valence-corrected chi connectivity index (χ3v) is 4.50. The predicted octanol–water partition coefficient (Wildman–Crippen LogP) is 4.47. The number of esters is 1. The number of rotatable bonds is 7. The van der Waals surface area contributed by atoms with Gasteiger partial charge in [0.1, 0.15) is 0 Å². The average molecular weight is 359 g/mol. The van der Waals surface area contributed by atoms with Crippen LogP contribution >= 0.6 is 0 Å². The van der Waals surface area contributed by atoms with Gasteiger partial charge >= 0.3 is 5.97 Å². The van der Waals surface area contributed by atoms with E-state index in [1.807, 2.05) is 66.7 Å². The molecule has 27 heavy (non-hydrogen) atoms. The van der Waals surface area contributed by atoms with Crippen molar-refractivity contribution in [2.75, 3.05) is 7.11 Å². The first-order valence-electron chi connectivity index (χ1n) is 8.84. The Morgan fingerprint density at radius 1 is 0.889 bits per heavy atom. The van der Waals surface area contributed by atoms with Crippen LogP contribution in [0.4, 0.5) is 0 Å². The van der Waals surface area contributed by atoms with Crippen LogP contribution in [-0.4, -0.2) is 23.8 Å². The molecule has 2 aromatic carbocycles. The van der Waals surface area contributed by atoms with Crippen LogP contribution in [0.25, 0.3) is 0 Å². The van der Waals surface area contributed by atoms with Gasteiger partial charge in [0.25, 0.3) is 0 Å². The molecule has 1 heterocycles. The maximum absolute atomic E-state index is 12.7. The fourth-order valence-electron chi connectivity index (χ4n) is 3.04. The van der Waals surface area contributed by atoms with Gasteiger partial charge in [-0.15, -0.1) is 0 Å². The average Bonchev–Trinajstić information content (AvgIpc) is 2.74. The second-order valence-electron chi connectivity index (χ2n) is 6.33. The van der Waals surface area contributed by atoms with Crippen molar-refractivity contribution < 1.29 is 14.3 Å². The molecule has 0 aliphatic rings. The van der Waals surface area contributed by atoms with Crippen LogP contribution in [0.1, 0.15) is 44.3 Å². The van der Waals surface area contributed by atoms with E-state index in [2.05, 4.69) is 4.98 Å². The largest absolute Gasteiger partial charge is 0.465 e. The Balaban J connectivity index is 1.80. The Bertz CT molecular complexity index is 890. The number of methoxy groups -OCH3 is 1. The van der Waals surface area contributed by atoms with E-state index in [4.69, 9.17) is 4.74 Å². The monoisotopic (exact) mass is 359 g/mol. The molecule has 0 amide bonds. The summed E-state index contributed by atoms with van der Waals surface area (Å²) >= 11 is 0. The summed E-state index contributed by atoms with van der Waals surface area (Å²) in [6.07, 6.45) is 2.53. The van der Waals surface area contributed by atoms with Crippen molar-refractivity contribution in [3.05, 3.63) is 101 Å². The molecule has 0 saturated carbocycles. The van der Waals surface area contributed by atoms with Crippen molar-refractivity contribution >= 4 is 11.8 Å². The number of ether oxygens (including phenoxy) is 1. The molecule has 1 atom stereocenters. The van der Waals surface area contributed by atoms with Gasteiger partial charge in [-0.3, -0.25) is 9.78 Å². The Kier molecular flexibility index (Phi) is 6.10. The summed E-state index contributed by atoms with van der Waals surface area (Å²) in [5.74, 6) is -0.293. The molecule has 0 unspecified atom stereocenters. The standard InChI is InChI=1S/C23H21NO3/c1-27-23(26)19-12-13-21(24-16-19)14-20(17-8-4-2-5-9-17)15-22(25)18-10-6-3-7-11-18/h2-13,16,20H,14-15H2,1H3/t20-/m1/s1. The fraction of sp³-hybridized carbons (Fsp3) is 0.174. The normalized spacial score (nSPS) is 11.6. The molecular formula is C23H21NO3. The molecule has 0 bridgehead atoms. The van der Waals surface area contributed by atoms with Crippen molar-refractivity contribution in [3.8, 4) is 0 Å². The Labute approximate surface area is 158 Å². The van der Waals surface area contributed by atoms with Crippen molar-refractivity contribution in [3.63, 3.8) is 0 Å². The van der Waals surface area contributed by atoms with Crippen LogP contribution in [0, 0.1) is 0 Å². The summed E-state index contributed by atoms with van der Waals surface area (Å²) < 4.78 is 4.70. The van der Waals surface area contributed by atoms with E-state index < -0.39 is 5.97 Å². The number of ketones is 1. The molecule has 136 valence electrons. The second kappa shape index (κ2) is 8.90. The highest BCUT2D eigenvalue weighted by atomic mass is 16.5. The van der Waals surface area contributed by atoms with Crippen LogP contribution in [0.2, 0.25) is 0 Å². The van der Waals surface area contributed by atoms with Gasteiger partial charge in [-0.1, -0.05) is 60.7 Å². The van der Waals surface area contributed by atoms with E-state index in [9.17, 15) is 9.59 Å². The van der Waals surface area contributed by atoms with Gasteiger partial charge < -0.3 is 4.74 Å². The first kappa shape index (κ1) is 18.5. The number of hydrogen-bond donors (Lipinski definition) is 0. The fourth-order valence-corrected chi connectivity index (χ4v) is 3.04. The van der Waals surface area contributed by atoms with E-state index >= 15 is 0 Å². The number of hydrogen-bond acceptors (Lipinski definition) is 4. The highest BCUT2D eigenvalue weighted by Gasteiger charge is 2.18. The first-order chi connectivity index (χ1) is 13.2. The number of nitrogens with zero attached hydrogens (tertiary/aromatic N) is 1. The second-order valence-corrected chi connectivity index (χ2v) is 6.33. The van der Waals surface area contributed by atoms with Gasteiger partial charge in [0.15, 0.2) is 5.78 Å². The van der Waals surface area contributed by atoms with Crippen molar-refractivity contribution in [2.24, 2.45) is 0 Å². The molecular weight excluding hydrogens is 338 g/mol. The van der Waals surface area contributed by atoms with E-state index in [1.54, 1.807) is 6.07 Å². The molecule has 0 spiro atoms. The molecule has 0 aliphatic carbocycles. The van der Waals surface area contributed by atoms with Gasteiger partial charge in [0, 0.05) is 23.9 Å². The molecule has 0 fully saturated rings. The topological polar surface area (TPSA) is 56.3 Å². The summed E-state index contributed by atoms with van der Waals surface area (Å²) in [7, 11) is 1.34. The molecule has 3 rings (SSSR count). The number of aromatic nitrogens is 1. The number of carbonyl (C=O) groups is 2. The number of pyridine rings is 1. The minimum Gasteiger partial charge on any atom is -0.465 e.